The molecular weight excluding hydrogens is 316 g/mol. The largest absolute Gasteiger partial charge is 0.397 e. The van der Waals surface area contributed by atoms with E-state index >= 15 is 0 Å². The highest BCUT2D eigenvalue weighted by Gasteiger charge is 2.11. The Kier molecular flexibility index (Phi) is 4.16. The van der Waals surface area contributed by atoms with Crippen LogP contribution in [0.25, 0.3) is 33.4 Å². The fraction of sp³-hybridized carbons (Fsp3) is 0. The highest BCUT2D eigenvalue weighted by atomic mass is 14.7. The summed E-state index contributed by atoms with van der Waals surface area (Å²) < 4.78 is 0. The number of benzene rings is 4. The van der Waals surface area contributed by atoms with E-state index in [9.17, 15) is 0 Å². The van der Waals surface area contributed by atoms with E-state index in [0.717, 1.165) is 22.3 Å². The van der Waals surface area contributed by atoms with Crippen LogP contribution in [-0.2, 0) is 0 Å². The van der Waals surface area contributed by atoms with Gasteiger partial charge in [0.2, 0.25) is 0 Å². The van der Waals surface area contributed by atoms with E-state index in [0.29, 0.717) is 11.4 Å². The Morgan fingerprint density at radius 3 is 1.19 bits per heavy atom. The molecule has 0 unspecified atom stereocenters. The van der Waals surface area contributed by atoms with Crippen molar-refractivity contribution < 1.29 is 0 Å². The molecule has 126 valence electrons. The summed E-state index contributed by atoms with van der Waals surface area (Å²) in [5.41, 5.74) is 20.4. The minimum atomic E-state index is 0.624. The van der Waals surface area contributed by atoms with Crippen LogP contribution in [-0.4, -0.2) is 0 Å². The molecule has 2 nitrogen and oxygen atoms in total. The van der Waals surface area contributed by atoms with E-state index in [2.05, 4.69) is 36.4 Å². The van der Waals surface area contributed by atoms with Gasteiger partial charge in [-0.05, 0) is 22.3 Å². The maximum atomic E-state index is 6.38. The third-order valence-corrected chi connectivity index (χ3v) is 4.67. The van der Waals surface area contributed by atoms with Crippen LogP contribution in [0.2, 0.25) is 0 Å². The maximum Gasteiger partial charge on any atom is 0.0633 e. The van der Waals surface area contributed by atoms with E-state index in [1.807, 2.05) is 60.7 Å². The molecule has 0 heterocycles. The van der Waals surface area contributed by atoms with Crippen LogP contribution in [0.3, 0.4) is 0 Å². The summed E-state index contributed by atoms with van der Waals surface area (Å²) in [4.78, 5) is 0. The molecule has 0 aliphatic carbocycles. The van der Waals surface area contributed by atoms with E-state index in [-0.39, 0.29) is 0 Å². The van der Waals surface area contributed by atoms with E-state index in [1.165, 1.54) is 11.1 Å². The molecule has 0 saturated heterocycles. The van der Waals surface area contributed by atoms with E-state index < -0.39 is 0 Å². The van der Waals surface area contributed by atoms with Crippen LogP contribution in [0.5, 0.6) is 0 Å². The van der Waals surface area contributed by atoms with Crippen molar-refractivity contribution in [1.29, 1.82) is 0 Å². The average Bonchev–Trinajstić information content (AvgIpc) is 2.71. The number of rotatable bonds is 3. The fourth-order valence-corrected chi connectivity index (χ4v) is 3.23. The topological polar surface area (TPSA) is 52.0 Å². The Morgan fingerprint density at radius 1 is 0.346 bits per heavy atom. The molecule has 0 aromatic heterocycles. The summed E-state index contributed by atoms with van der Waals surface area (Å²) in [6.45, 7) is 0. The van der Waals surface area contributed by atoms with Crippen molar-refractivity contribution in [2.45, 2.75) is 0 Å². The molecule has 0 aliphatic rings. The zero-order chi connectivity index (χ0) is 17.9. The lowest BCUT2D eigenvalue weighted by Gasteiger charge is -2.14. The van der Waals surface area contributed by atoms with Gasteiger partial charge in [0, 0.05) is 11.1 Å². The van der Waals surface area contributed by atoms with Gasteiger partial charge < -0.3 is 11.5 Å². The molecule has 0 aliphatic heterocycles. The SMILES string of the molecule is Nc1c(-c2ccccc2)ccc(-c2ccc(-c3ccccc3)cc2)c1N. The van der Waals surface area contributed by atoms with Crippen LogP contribution < -0.4 is 11.5 Å². The molecule has 4 aromatic rings. The second-order valence-corrected chi connectivity index (χ2v) is 6.30. The van der Waals surface area contributed by atoms with Crippen molar-refractivity contribution >= 4 is 11.4 Å². The molecule has 0 spiro atoms. The van der Waals surface area contributed by atoms with Crippen molar-refractivity contribution in [1.82, 2.24) is 0 Å². The van der Waals surface area contributed by atoms with E-state index in [1.54, 1.807) is 0 Å². The third-order valence-electron chi connectivity index (χ3n) is 4.67. The summed E-state index contributed by atoms with van der Waals surface area (Å²) in [5, 5.41) is 0. The highest BCUT2D eigenvalue weighted by Crippen LogP contribution is 2.37. The van der Waals surface area contributed by atoms with Gasteiger partial charge in [-0.15, -0.1) is 0 Å². The lowest BCUT2D eigenvalue weighted by atomic mass is 9.95. The second kappa shape index (κ2) is 6.77. The molecule has 0 atom stereocenters. The van der Waals surface area contributed by atoms with Gasteiger partial charge in [-0.2, -0.15) is 0 Å². The Morgan fingerprint density at radius 2 is 0.692 bits per heavy atom. The minimum absolute atomic E-state index is 0.624. The van der Waals surface area contributed by atoms with Crippen molar-refractivity contribution in [3.05, 3.63) is 97.1 Å². The zero-order valence-electron chi connectivity index (χ0n) is 14.4. The van der Waals surface area contributed by atoms with Gasteiger partial charge in [-0.3, -0.25) is 0 Å². The molecule has 0 bridgehead atoms. The molecule has 0 saturated carbocycles. The molecule has 4 N–H and O–H groups in total. The van der Waals surface area contributed by atoms with Gasteiger partial charge in [-0.25, -0.2) is 0 Å². The smallest absolute Gasteiger partial charge is 0.0633 e. The summed E-state index contributed by atoms with van der Waals surface area (Å²) in [5.74, 6) is 0. The molecule has 26 heavy (non-hydrogen) atoms. The van der Waals surface area contributed by atoms with Gasteiger partial charge in [0.1, 0.15) is 0 Å². The molecule has 0 amide bonds. The molecule has 4 rings (SSSR count). The second-order valence-electron chi connectivity index (χ2n) is 6.30. The summed E-state index contributed by atoms with van der Waals surface area (Å²) >= 11 is 0. The number of hydrogen-bond acceptors (Lipinski definition) is 2. The number of nitrogens with two attached hydrogens (primary N) is 2. The zero-order valence-corrected chi connectivity index (χ0v) is 14.4. The fourth-order valence-electron chi connectivity index (χ4n) is 3.23. The molecule has 2 heteroatoms. The number of anilines is 2. The van der Waals surface area contributed by atoms with Gasteiger partial charge in [0.15, 0.2) is 0 Å². The first-order valence-corrected chi connectivity index (χ1v) is 8.63. The Hall–Kier alpha value is -3.52. The predicted molar refractivity (Wildman–Crippen MR) is 112 cm³/mol. The molecule has 4 aromatic carbocycles. The van der Waals surface area contributed by atoms with Crippen LogP contribution in [0.4, 0.5) is 11.4 Å². The van der Waals surface area contributed by atoms with Crippen molar-refractivity contribution in [3.8, 4) is 33.4 Å². The van der Waals surface area contributed by atoms with Crippen LogP contribution >= 0.6 is 0 Å². The monoisotopic (exact) mass is 336 g/mol. The van der Waals surface area contributed by atoms with Crippen molar-refractivity contribution in [2.75, 3.05) is 11.5 Å². The van der Waals surface area contributed by atoms with Crippen molar-refractivity contribution in [2.24, 2.45) is 0 Å². The molecule has 0 fully saturated rings. The van der Waals surface area contributed by atoms with Crippen LogP contribution in [0.15, 0.2) is 97.1 Å². The Balaban J connectivity index is 1.71. The average molecular weight is 336 g/mol. The maximum absolute atomic E-state index is 6.38. The number of hydrogen-bond donors (Lipinski definition) is 2. The van der Waals surface area contributed by atoms with Gasteiger partial charge in [-0.1, -0.05) is 97.1 Å². The van der Waals surface area contributed by atoms with Crippen LogP contribution in [0.1, 0.15) is 0 Å². The first-order chi connectivity index (χ1) is 12.7. The molecular formula is C24H20N2. The normalized spacial score (nSPS) is 10.6. The standard InChI is InChI=1S/C24H20N2/c25-23-21(19-9-5-2-6-10-19)15-16-22(24(23)26)20-13-11-18(12-14-20)17-7-3-1-4-8-17/h1-16H,25-26H2. The van der Waals surface area contributed by atoms with Crippen molar-refractivity contribution in [3.63, 3.8) is 0 Å². The summed E-state index contributed by atoms with van der Waals surface area (Å²) in [6, 6.07) is 32.9. The summed E-state index contributed by atoms with van der Waals surface area (Å²) in [6.07, 6.45) is 0. The summed E-state index contributed by atoms with van der Waals surface area (Å²) in [7, 11) is 0. The number of nitrogen functional groups attached to an aromatic ring is 2. The third kappa shape index (κ3) is 2.93. The van der Waals surface area contributed by atoms with Gasteiger partial charge in [0.05, 0.1) is 11.4 Å². The minimum Gasteiger partial charge on any atom is -0.397 e. The lowest BCUT2D eigenvalue weighted by Crippen LogP contribution is -2.00. The first kappa shape index (κ1) is 16.0. The van der Waals surface area contributed by atoms with E-state index in [4.69, 9.17) is 11.5 Å². The van der Waals surface area contributed by atoms with Gasteiger partial charge in [0.25, 0.3) is 0 Å². The highest BCUT2D eigenvalue weighted by molar-refractivity contribution is 5.93. The Bertz CT molecular complexity index is 1020. The Labute approximate surface area is 153 Å². The lowest BCUT2D eigenvalue weighted by molar-refractivity contribution is 1.57. The quantitative estimate of drug-likeness (QED) is 0.461. The molecule has 0 radical (unpaired) electrons. The van der Waals surface area contributed by atoms with Gasteiger partial charge >= 0.3 is 0 Å². The predicted octanol–water partition coefficient (Wildman–Crippen LogP) is 5.85. The van der Waals surface area contributed by atoms with Crippen LogP contribution in [0, 0.1) is 0 Å². The first-order valence-electron chi connectivity index (χ1n) is 8.63.